The van der Waals surface area contributed by atoms with Crippen molar-refractivity contribution in [3.8, 4) is 0 Å². The molecule has 0 amide bonds. The highest BCUT2D eigenvalue weighted by Gasteiger charge is 2.10. The summed E-state index contributed by atoms with van der Waals surface area (Å²) in [7, 11) is 0. The Morgan fingerprint density at radius 3 is 3.17 bits per heavy atom. The minimum absolute atomic E-state index is 0.288. The van der Waals surface area contributed by atoms with Crippen LogP contribution in [-0.2, 0) is 0 Å². The smallest absolute Gasteiger partial charge is 0.338 e. The number of hydrogen-bond acceptors (Lipinski definition) is 3. The second-order valence-electron chi connectivity index (χ2n) is 2.30. The molecule has 0 spiro atoms. The molecule has 2 rings (SSSR count). The highest BCUT2D eigenvalue weighted by atomic mass is 32.1. The lowest BCUT2D eigenvalue weighted by Gasteiger charge is -1.88. The predicted octanol–water partition coefficient (Wildman–Crippen LogP) is 1.99. The first kappa shape index (κ1) is 7.24. The lowest BCUT2D eigenvalue weighted by atomic mass is 10.3. The SMILES string of the molecule is O=C(O)c1csc2cccnc12. The number of hydrogen-bond donors (Lipinski definition) is 1. The molecule has 3 nitrogen and oxygen atoms in total. The molecule has 0 radical (unpaired) electrons. The van der Waals surface area contributed by atoms with Gasteiger partial charge in [-0.1, -0.05) is 0 Å². The van der Waals surface area contributed by atoms with E-state index in [2.05, 4.69) is 4.98 Å². The molecular formula is C8H5NO2S. The molecule has 2 aromatic rings. The summed E-state index contributed by atoms with van der Waals surface area (Å²) in [4.78, 5) is 14.6. The molecule has 0 bridgehead atoms. The van der Waals surface area contributed by atoms with E-state index < -0.39 is 5.97 Å². The van der Waals surface area contributed by atoms with Crippen molar-refractivity contribution < 1.29 is 9.90 Å². The van der Waals surface area contributed by atoms with Gasteiger partial charge in [-0.15, -0.1) is 11.3 Å². The van der Waals surface area contributed by atoms with Gasteiger partial charge in [0.05, 0.1) is 15.8 Å². The number of carboxylic acid groups (broad SMARTS) is 1. The second-order valence-corrected chi connectivity index (χ2v) is 3.22. The van der Waals surface area contributed by atoms with Crippen molar-refractivity contribution in [2.75, 3.05) is 0 Å². The summed E-state index contributed by atoms with van der Waals surface area (Å²) < 4.78 is 0.912. The average Bonchev–Trinajstić information content (AvgIpc) is 2.47. The number of pyridine rings is 1. The molecule has 0 saturated carbocycles. The Labute approximate surface area is 72.3 Å². The zero-order chi connectivity index (χ0) is 8.55. The number of nitrogens with zero attached hydrogens (tertiary/aromatic N) is 1. The van der Waals surface area contributed by atoms with Crippen LogP contribution in [0.25, 0.3) is 10.2 Å². The maximum atomic E-state index is 10.6. The van der Waals surface area contributed by atoms with Gasteiger partial charge in [-0.25, -0.2) is 4.79 Å². The van der Waals surface area contributed by atoms with Crippen LogP contribution >= 0.6 is 11.3 Å². The van der Waals surface area contributed by atoms with E-state index in [0.717, 1.165) is 4.70 Å². The molecule has 0 aliphatic carbocycles. The zero-order valence-corrected chi connectivity index (χ0v) is 6.84. The zero-order valence-electron chi connectivity index (χ0n) is 6.02. The predicted molar refractivity (Wildman–Crippen MR) is 46.6 cm³/mol. The quantitative estimate of drug-likeness (QED) is 0.728. The van der Waals surface area contributed by atoms with Gasteiger partial charge in [0.25, 0.3) is 0 Å². The molecule has 0 atom stereocenters. The van der Waals surface area contributed by atoms with Crippen LogP contribution in [0.5, 0.6) is 0 Å². The van der Waals surface area contributed by atoms with Gasteiger partial charge in [0.15, 0.2) is 0 Å². The van der Waals surface area contributed by atoms with E-state index in [1.807, 2.05) is 6.07 Å². The monoisotopic (exact) mass is 179 g/mol. The first-order chi connectivity index (χ1) is 5.79. The molecule has 12 heavy (non-hydrogen) atoms. The van der Waals surface area contributed by atoms with Gasteiger partial charge in [0.2, 0.25) is 0 Å². The number of fused-ring (bicyclic) bond motifs is 1. The molecule has 2 aromatic heterocycles. The van der Waals surface area contributed by atoms with E-state index in [-0.39, 0.29) is 5.56 Å². The third-order valence-electron chi connectivity index (χ3n) is 1.56. The Balaban J connectivity index is 2.79. The van der Waals surface area contributed by atoms with Crippen LogP contribution in [0, 0.1) is 0 Å². The van der Waals surface area contributed by atoms with Crippen molar-refractivity contribution in [1.82, 2.24) is 4.98 Å². The summed E-state index contributed by atoms with van der Waals surface area (Å²) in [6, 6.07) is 3.66. The molecule has 0 aliphatic rings. The maximum absolute atomic E-state index is 10.6. The van der Waals surface area contributed by atoms with Crippen molar-refractivity contribution in [2.24, 2.45) is 0 Å². The summed E-state index contributed by atoms with van der Waals surface area (Å²) in [6.07, 6.45) is 1.60. The molecule has 0 aliphatic heterocycles. The number of aromatic carboxylic acids is 1. The molecule has 0 aromatic carbocycles. The van der Waals surface area contributed by atoms with Crippen LogP contribution in [0.1, 0.15) is 10.4 Å². The molecule has 2 heterocycles. The maximum Gasteiger partial charge on any atom is 0.338 e. The van der Waals surface area contributed by atoms with E-state index in [9.17, 15) is 4.79 Å². The Morgan fingerprint density at radius 1 is 1.58 bits per heavy atom. The summed E-state index contributed by atoms with van der Waals surface area (Å²) in [5.41, 5.74) is 0.866. The van der Waals surface area contributed by atoms with Gasteiger partial charge in [-0.3, -0.25) is 4.98 Å². The summed E-state index contributed by atoms with van der Waals surface area (Å²) in [5, 5.41) is 10.3. The molecular weight excluding hydrogens is 174 g/mol. The van der Waals surface area contributed by atoms with Crippen LogP contribution in [0.3, 0.4) is 0 Å². The van der Waals surface area contributed by atoms with E-state index in [4.69, 9.17) is 5.11 Å². The largest absolute Gasteiger partial charge is 0.478 e. The Kier molecular flexibility index (Phi) is 1.55. The lowest BCUT2D eigenvalue weighted by molar-refractivity contribution is 0.0699. The third kappa shape index (κ3) is 0.967. The number of carboxylic acids is 1. The Hall–Kier alpha value is -1.42. The second kappa shape index (κ2) is 2.57. The van der Waals surface area contributed by atoms with Crippen molar-refractivity contribution in [3.63, 3.8) is 0 Å². The Morgan fingerprint density at radius 2 is 2.42 bits per heavy atom. The van der Waals surface area contributed by atoms with Crippen LogP contribution in [0.4, 0.5) is 0 Å². The van der Waals surface area contributed by atoms with Gasteiger partial charge >= 0.3 is 5.97 Å². The topological polar surface area (TPSA) is 50.2 Å². The van der Waals surface area contributed by atoms with E-state index in [0.29, 0.717) is 5.52 Å². The van der Waals surface area contributed by atoms with Gasteiger partial charge in [0.1, 0.15) is 0 Å². The summed E-state index contributed by atoms with van der Waals surface area (Å²) in [5.74, 6) is -0.917. The third-order valence-corrected chi connectivity index (χ3v) is 2.50. The van der Waals surface area contributed by atoms with Crippen LogP contribution < -0.4 is 0 Å². The van der Waals surface area contributed by atoms with E-state index in [1.54, 1.807) is 17.6 Å². The molecule has 0 unspecified atom stereocenters. The van der Waals surface area contributed by atoms with E-state index in [1.165, 1.54) is 11.3 Å². The minimum Gasteiger partial charge on any atom is -0.478 e. The van der Waals surface area contributed by atoms with Crippen LogP contribution in [-0.4, -0.2) is 16.1 Å². The normalized spacial score (nSPS) is 10.3. The van der Waals surface area contributed by atoms with E-state index >= 15 is 0 Å². The van der Waals surface area contributed by atoms with Gasteiger partial charge < -0.3 is 5.11 Å². The van der Waals surface area contributed by atoms with Crippen molar-refractivity contribution in [1.29, 1.82) is 0 Å². The number of aromatic nitrogens is 1. The van der Waals surface area contributed by atoms with Crippen molar-refractivity contribution >= 4 is 27.5 Å². The fourth-order valence-corrected chi connectivity index (χ4v) is 1.91. The molecule has 0 saturated heterocycles. The summed E-state index contributed by atoms with van der Waals surface area (Å²) in [6.45, 7) is 0. The van der Waals surface area contributed by atoms with Gasteiger partial charge in [0, 0.05) is 11.6 Å². The first-order valence-corrected chi connectivity index (χ1v) is 4.22. The fraction of sp³-hybridized carbons (Fsp3) is 0. The van der Waals surface area contributed by atoms with Gasteiger partial charge in [-0.2, -0.15) is 0 Å². The number of thiophene rings is 1. The lowest BCUT2D eigenvalue weighted by Crippen LogP contribution is -1.94. The van der Waals surface area contributed by atoms with Crippen LogP contribution in [0.2, 0.25) is 0 Å². The van der Waals surface area contributed by atoms with Gasteiger partial charge in [-0.05, 0) is 12.1 Å². The molecule has 0 fully saturated rings. The molecule has 60 valence electrons. The van der Waals surface area contributed by atoms with Crippen LogP contribution in [0.15, 0.2) is 23.7 Å². The minimum atomic E-state index is -0.917. The standard InChI is InChI=1S/C8H5NO2S/c10-8(11)5-4-12-6-2-1-3-9-7(5)6/h1-4H,(H,10,11). The molecule has 4 heteroatoms. The fourth-order valence-electron chi connectivity index (χ4n) is 1.02. The Bertz CT molecular complexity index is 435. The highest BCUT2D eigenvalue weighted by molar-refractivity contribution is 7.17. The number of carbonyl (C=O) groups is 1. The highest BCUT2D eigenvalue weighted by Crippen LogP contribution is 2.22. The molecule has 1 N–H and O–H groups in total. The number of rotatable bonds is 1. The summed E-state index contributed by atoms with van der Waals surface area (Å²) >= 11 is 1.40. The van der Waals surface area contributed by atoms with Crippen molar-refractivity contribution in [3.05, 3.63) is 29.3 Å². The average molecular weight is 179 g/mol. The van der Waals surface area contributed by atoms with Crippen molar-refractivity contribution in [2.45, 2.75) is 0 Å². The first-order valence-electron chi connectivity index (χ1n) is 3.34.